The van der Waals surface area contributed by atoms with Crippen molar-refractivity contribution in [3.8, 4) is 16.9 Å². The Morgan fingerprint density at radius 1 is 1.11 bits per heavy atom. The van der Waals surface area contributed by atoms with E-state index in [1.807, 2.05) is 0 Å². The van der Waals surface area contributed by atoms with Crippen molar-refractivity contribution in [2.24, 2.45) is 0 Å². The lowest BCUT2D eigenvalue weighted by Gasteiger charge is -2.48. The highest BCUT2D eigenvalue weighted by molar-refractivity contribution is 6.33. The first-order valence-corrected chi connectivity index (χ1v) is 13.3. The average Bonchev–Trinajstić information content (AvgIpc) is 2.87. The summed E-state index contributed by atoms with van der Waals surface area (Å²) in [7, 11) is 0. The van der Waals surface area contributed by atoms with Crippen LogP contribution in [0.15, 0.2) is 24.3 Å². The Balaban J connectivity index is 1.50. The second-order valence-electron chi connectivity index (χ2n) is 10.0. The summed E-state index contributed by atoms with van der Waals surface area (Å²) in [5.41, 5.74) is 0.348. The van der Waals surface area contributed by atoms with E-state index in [0.29, 0.717) is 12.2 Å². The Kier molecular flexibility index (Phi) is 8.16. The highest BCUT2D eigenvalue weighted by Crippen LogP contribution is 2.45. The van der Waals surface area contributed by atoms with Crippen LogP contribution in [-0.2, 0) is 4.74 Å². The molecular formula is C26H35ClF2N6O2. The van der Waals surface area contributed by atoms with Crippen molar-refractivity contribution in [3.05, 3.63) is 46.5 Å². The van der Waals surface area contributed by atoms with E-state index < -0.39 is 24.2 Å². The van der Waals surface area contributed by atoms with Crippen LogP contribution in [-0.4, -0.2) is 67.4 Å². The first-order valence-electron chi connectivity index (χ1n) is 12.9. The third kappa shape index (κ3) is 5.42. The number of phenolic OH excluding ortho intramolecular Hbond substituents is 1. The number of hydrogen-bond donors (Lipinski definition) is 6. The molecule has 0 spiro atoms. The molecule has 0 aromatic heterocycles. The molecule has 2 fully saturated rings. The molecule has 2 unspecified atom stereocenters. The maximum atomic E-state index is 16.2. The van der Waals surface area contributed by atoms with Crippen molar-refractivity contribution in [2.45, 2.75) is 57.5 Å². The molecule has 11 heteroatoms. The molecule has 3 aliphatic heterocycles. The van der Waals surface area contributed by atoms with Gasteiger partial charge in [-0.3, -0.25) is 10.2 Å². The average molecular weight is 537 g/mol. The SMILES string of the molecule is C[C@@H]1CNC[C@H](C)N1C1NC(OCCC2NCCCN2)Nc2c1cc(Cl)c(-c1c(O)cccc1F)c2F. The number of halogens is 3. The largest absolute Gasteiger partial charge is 0.507 e. The summed E-state index contributed by atoms with van der Waals surface area (Å²) in [4.78, 5) is 2.28. The summed E-state index contributed by atoms with van der Waals surface area (Å²) in [6.07, 6.45) is 0.919. The molecule has 2 saturated heterocycles. The van der Waals surface area contributed by atoms with Crippen molar-refractivity contribution in [3.63, 3.8) is 0 Å². The van der Waals surface area contributed by atoms with Crippen molar-refractivity contribution >= 4 is 17.3 Å². The van der Waals surface area contributed by atoms with Crippen LogP contribution in [0.1, 0.15) is 38.4 Å². The first kappa shape index (κ1) is 26.6. The van der Waals surface area contributed by atoms with Crippen LogP contribution >= 0.6 is 11.6 Å². The van der Waals surface area contributed by atoms with Gasteiger partial charge in [-0.15, -0.1) is 0 Å². The molecule has 0 radical (unpaired) electrons. The number of fused-ring (bicyclic) bond motifs is 1. The lowest BCUT2D eigenvalue weighted by Crippen LogP contribution is -2.61. The molecule has 202 valence electrons. The Morgan fingerprint density at radius 2 is 1.84 bits per heavy atom. The number of phenols is 1. The van der Waals surface area contributed by atoms with Gasteiger partial charge < -0.3 is 31.1 Å². The number of rotatable bonds is 6. The third-order valence-corrected chi connectivity index (χ3v) is 7.69. The number of benzene rings is 2. The van der Waals surface area contributed by atoms with Gasteiger partial charge in [-0.1, -0.05) is 17.7 Å². The smallest absolute Gasteiger partial charge is 0.185 e. The van der Waals surface area contributed by atoms with E-state index >= 15 is 4.39 Å². The zero-order chi connectivity index (χ0) is 26.1. The molecule has 2 aromatic rings. The van der Waals surface area contributed by atoms with E-state index in [9.17, 15) is 9.50 Å². The molecule has 4 atom stereocenters. The topological polar surface area (TPSA) is 92.9 Å². The van der Waals surface area contributed by atoms with Gasteiger partial charge in [0.25, 0.3) is 0 Å². The maximum absolute atomic E-state index is 16.2. The van der Waals surface area contributed by atoms with Gasteiger partial charge in [0, 0.05) is 36.3 Å². The normalized spacial score (nSPS) is 27.1. The number of ether oxygens (including phenoxy) is 1. The van der Waals surface area contributed by atoms with Crippen molar-refractivity contribution in [1.29, 1.82) is 0 Å². The van der Waals surface area contributed by atoms with Crippen LogP contribution < -0.4 is 26.6 Å². The predicted molar refractivity (Wildman–Crippen MR) is 140 cm³/mol. The lowest BCUT2D eigenvalue weighted by molar-refractivity contribution is -0.0237. The molecule has 2 aromatic carbocycles. The molecule has 0 saturated carbocycles. The Hall–Kier alpha value is -2.05. The second kappa shape index (κ2) is 11.4. The van der Waals surface area contributed by atoms with E-state index in [-0.39, 0.29) is 45.8 Å². The van der Waals surface area contributed by atoms with Crippen molar-refractivity contribution in [2.75, 3.05) is 38.1 Å². The van der Waals surface area contributed by atoms with Gasteiger partial charge >= 0.3 is 0 Å². The quantitative estimate of drug-likeness (QED) is 0.335. The van der Waals surface area contributed by atoms with Gasteiger partial charge in [-0.05, 0) is 58.0 Å². The van der Waals surface area contributed by atoms with Gasteiger partial charge in [0.15, 0.2) is 12.2 Å². The summed E-state index contributed by atoms with van der Waals surface area (Å²) in [5.74, 6) is -1.86. The van der Waals surface area contributed by atoms with E-state index in [0.717, 1.165) is 39.0 Å². The molecule has 0 aliphatic carbocycles. The zero-order valence-electron chi connectivity index (χ0n) is 21.1. The summed E-state index contributed by atoms with van der Waals surface area (Å²) in [5, 5.41) is 27.3. The Morgan fingerprint density at radius 3 is 2.54 bits per heavy atom. The van der Waals surface area contributed by atoms with Crippen LogP contribution in [0.4, 0.5) is 14.5 Å². The van der Waals surface area contributed by atoms with E-state index in [4.69, 9.17) is 16.3 Å². The zero-order valence-corrected chi connectivity index (χ0v) is 21.8. The summed E-state index contributed by atoms with van der Waals surface area (Å²) >= 11 is 6.58. The predicted octanol–water partition coefficient (Wildman–Crippen LogP) is 3.29. The maximum Gasteiger partial charge on any atom is 0.185 e. The molecule has 3 aliphatic rings. The number of hydrogen-bond acceptors (Lipinski definition) is 8. The standard InChI is InChI=1S/C26H35ClF2N6O2/c1-14-12-30-13-15(2)35(14)25-16-11-17(27)21(22-18(28)5-3-6-19(22)36)23(29)24(16)33-26(34-25)37-10-7-20-31-8-4-9-32-20/h3,5-6,11,14-15,20,25-26,30-34,36H,4,7-10,12-13H2,1-2H3/t14-,15+,25?,26?. The lowest BCUT2D eigenvalue weighted by atomic mass is 9.95. The fraction of sp³-hybridized carbons (Fsp3) is 0.538. The number of anilines is 1. The number of piperazine rings is 1. The van der Waals surface area contributed by atoms with Gasteiger partial charge in [0.05, 0.1) is 35.2 Å². The molecule has 0 amide bonds. The highest BCUT2D eigenvalue weighted by Gasteiger charge is 2.39. The van der Waals surface area contributed by atoms with Crippen LogP contribution in [0.25, 0.3) is 11.1 Å². The van der Waals surface area contributed by atoms with Crippen molar-refractivity contribution < 1.29 is 18.6 Å². The molecular weight excluding hydrogens is 502 g/mol. The van der Waals surface area contributed by atoms with Crippen molar-refractivity contribution in [1.82, 2.24) is 26.2 Å². The monoisotopic (exact) mass is 536 g/mol. The van der Waals surface area contributed by atoms with Crippen LogP contribution in [0.3, 0.4) is 0 Å². The minimum Gasteiger partial charge on any atom is -0.507 e. The Bertz CT molecular complexity index is 1090. The van der Waals surface area contributed by atoms with Crippen LogP contribution in [0, 0.1) is 11.6 Å². The van der Waals surface area contributed by atoms with Gasteiger partial charge in [0.1, 0.15) is 11.6 Å². The Labute approximate surface area is 221 Å². The van der Waals surface area contributed by atoms with Gasteiger partial charge in [-0.2, -0.15) is 0 Å². The number of nitrogens with one attached hydrogen (secondary N) is 5. The molecule has 6 N–H and O–H groups in total. The summed E-state index contributed by atoms with van der Waals surface area (Å²) < 4.78 is 37.1. The third-order valence-electron chi connectivity index (χ3n) is 7.39. The van der Waals surface area contributed by atoms with E-state index in [1.165, 1.54) is 18.2 Å². The van der Waals surface area contributed by atoms with E-state index in [1.54, 1.807) is 6.07 Å². The van der Waals surface area contributed by atoms with Gasteiger partial charge in [0.2, 0.25) is 0 Å². The molecule has 0 bridgehead atoms. The first-order chi connectivity index (χ1) is 17.8. The molecule has 5 rings (SSSR count). The van der Waals surface area contributed by atoms with Gasteiger partial charge in [-0.25, -0.2) is 8.78 Å². The number of aromatic hydroxyl groups is 1. The minimum absolute atomic E-state index is 0.0227. The number of nitrogens with zero attached hydrogens (tertiary/aromatic N) is 1. The second-order valence-corrected chi connectivity index (χ2v) is 10.4. The molecule has 8 nitrogen and oxygen atoms in total. The fourth-order valence-electron chi connectivity index (χ4n) is 5.61. The summed E-state index contributed by atoms with van der Waals surface area (Å²) in [6.45, 7) is 8.16. The highest BCUT2D eigenvalue weighted by atomic mass is 35.5. The summed E-state index contributed by atoms with van der Waals surface area (Å²) in [6, 6.07) is 5.81. The molecule has 3 heterocycles. The molecule has 37 heavy (non-hydrogen) atoms. The minimum atomic E-state index is -0.754. The van der Waals surface area contributed by atoms with Crippen LogP contribution in [0.5, 0.6) is 5.75 Å². The van der Waals surface area contributed by atoms with E-state index in [2.05, 4.69) is 45.3 Å². The van der Waals surface area contributed by atoms with Crippen LogP contribution in [0.2, 0.25) is 5.02 Å². The fourth-order valence-corrected chi connectivity index (χ4v) is 5.90.